The van der Waals surface area contributed by atoms with Gasteiger partial charge in [0.2, 0.25) is 0 Å². The fourth-order valence-electron chi connectivity index (χ4n) is 5.89. The molecule has 0 radical (unpaired) electrons. The molecular weight excluding hydrogens is 478 g/mol. The second-order valence-corrected chi connectivity index (χ2v) is 10.9. The van der Waals surface area contributed by atoms with Crippen LogP contribution in [0.25, 0.3) is 52.5 Å². The van der Waals surface area contributed by atoms with Gasteiger partial charge in [-0.2, -0.15) is 0 Å². The van der Waals surface area contributed by atoms with Gasteiger partial charge in [0.1, 0.15) is 0 Å². The second kappa shape index (κ2) is 8.44. The number of benzene rings is 7. The molecule has 0 spiro atoms. The van der Waals surface area contributed by atoms with Gasteiger partial charge in [-0.05, 0) is 69.4 Å². The van der Waals surface area contributed by atoms with Crippen LogP contribution in [0.1, 0.15) is 0 Å². The maximum Gasteiger partial charge on any atom is 0.0546 e. The van der Waals surface area contributed by atoms with Crippen molar-refractivity contribution >= 4 is 80.9 Å². The molecule has 0 saturated carbocycles. The highest BCUT2D eigenvalue weighted by Gasteiger charge is 2.18. The fraction of sp³-hybridized carbons (Fsp3) is 0. The Morgan fingerprint density at radius 2 is 1.08 bits per heavy atom. The number of hydrogen-bond donors (Lipinski definition) is 0. The summed E-state index contributed by atoms with van der Waals surface area (Å²) in [5.41, 5.74) is 3.49. The maximum absolute atomic E-state index is 2.42. The third kappa shape index (κ3) is 3.24. The Kier molecular flexibility index (Phi) is 4.76. The molecule has 0 aliphatic carbocycles. The van der Waals surface area contributed by atoms with Gasteiger partial charge >= 0.3 is 0 Å². The van der Waals surface area contributed by atoms with E-state index >= 15 is 0 Å². The molecule has 0 atom stereocenters. The van der Waals surface area contributed by atoms with Crippen molar-refractivity contribution in [2.75, 3.05) is 4.90 Å². The summed E-state index contributed by atoms with van der Waals surface area (Å²) in [6.07, 6.45) is 0. The molecule has 1 nitrogen and oxygen atoms in total. The lowest BCUT2D eigenvalue weighted by molar-refractivity contribution is 1.31. The van der Waals surface area contributed by atoms with Crippen LogP contribution in [0.4, 0.5) is 17.1 Å². The lowest BCUT2D eigenvalue weighted by atomic mass is 9.98. The topological polar surface area (TPSA) is 3.24 Å². The fourth-order valence-corrected chi connectivity index (χ4v) is 7.02. The molecule has 0 aliphatic rings. The molecule has 0 unspecified atom stereocenters. The van der Waals surface area contributed by atoms with Crippen LogP contribution in [0, 0.1) is 0 Å². The zero-order valence-corrected chi connectivity index (χ0v) is 21.5. The van der Waals surface area contributed by atoms with Crippen LogP contribution < -0.4 is 4.90 Å². The van der Waals surface area contributed by atoms with E-state index in [2.05, 4.69) is 144 Å². The molecule has 2 heteroatoms. The van der Waals surface area contributed by atoms with Gasteiger partial charge in [0.25, 0.3) is 0 Å². The first-order valence-electron chi connectivity index (χ1n) is 12.9. The average molecular weight is 502 g/mol. The van der Waals surface area contributed by atoms with Crippen molar-refractivity contribution in [1.29, 1.82) is 0 Å². The number of nitrogens with zero attached hydrogens (tertiary/aromatic N) is 1. The highest BCUT2D eigenvalue weighted by Crippen LogP contribution is 2.44. The average Bonchev–Trinajstić information content (AvgIpc) is 3.37. The number of fused-ring (bicyclic) bond motifs is 8. The molecule has 0 N–H and O–H groups in total. The zero-order valence-electron chi connectivity index (χ0n) is 20.6. The van der Waals surface area contributed by atoms with E-state index in [1.165, 1.54) is 58.2 Å². The van der Waals surface area contributed by atoms with Crippen LogP contribution in [-0.4, -0.2) is 0 Å². The molecule has 8 aromatic rings. The SMILES string of the molecule is c1ccc(N(c2ccc3ccc4sc5ccccc5c4c3c2)c2cc3ccccc3c3ccccc23)cc1. The zero-order chi connectivity index (χ0) is 25.1. The molecule has 0 aliphatic heterocycles. The van der Waals surface area contributed by atoms with Crippen molar-refractivity contribution < 1.29 is 0 Å². The Bertz CT molecular complexity index is 2140. The number of thiophene rings is 1. The van der Waals surface area contributed by atoms with Crippen molar-refractivity contribution in [3.63, 3.8) is 0 Å². The van der Waals surface area contributed by atoms with Gasteiger partial charge in [-0.1, -0.05) is 97.1 Å². The lowest BCUT2D eigenvalue weighted by Crippen LogP contribution is -2.10. The Morgan fingerprint density at radius 1 is 0.395 bits per heavy atom. The third-order valence-corrected chi connectivity index (χ3v) is 8.74. The summed E-state index contributed by atoms with van der Waals surface area (Å²) >= 11 is 1.87. The van der Waals surface area contributed by atoms with E-state index in [-0.39, 0.29) is 0 Å². The minimum atomic E-state index is 1.15. The molecule has 38 heavy (non-hydrogen) atoms. The quantitative estimate of drug-likeness (QED) is 0.218. The van der Waals surface area contributed by atoms with Crippen LogP contribution >= 0.6 is 11.3 Å². The van der Waals surface area contributed by atoms with Crippen molar-refractivity contribution in [3.05, 3.63) is 140 Å². The molecule has 7 aromatic carbocycles. The molecule has 8 rings (SSSR count). The first-order chi connectivity index (χ1) is 18.8. The van der Waals surface area contributed by atoms with E-state index in [4.69, 9.17) is 0 Å². The molecule has 0 amide bonds. The van der Waals surface area contributed by atoms with Crippen LogP contribution in [0.2, 0.25) is 0 Å². The second-order valence-electron chi connectivity index (χ2n) is 9.78. The Labute approximate surface area is 224 Å². The van der Waals surface area contributed by atoms with E-state index < -0.39 is 0 Å². The van der Waals surface area contributed by atoms with E-state index in [1.54, 1.807) is 0 Å². The van der Waals surface area contributed by atoms with Gasteiger partial charge in [0, 0.05) is 36.9 Å². The van der Waals surface area contributed by atoms with Crippen molar-refractivity contribution in [2.24, 2.45) is 0 Å². The van der Waals surface area contributed by atoms with Gasteiger partial charge < -0.3 is 4.90 Å². The summed E-state index contributed by atoms with van der Waals surface area (Å²) in [7, 11) is 0. The van der Waals surface area contributed by atoms with Gasteiger partial charge in [-0.25, -0.2) is 0 Å². The first-order valence-corrected chi connectivity index (χ1v) is 13.8. The molecule has 0 fully saturated rings. The molecular formula is C36H23NS. The van der Waals surface area contributed by atoms with Crippen LogP contribution in [0.15, 0.2) is 140 Å². The highest BCUT2D eigenvalue weighted by atomic mass is 32.1. The summed E-state index contributed by atoms with van der Waals surface area (Å²) < 4.78 is 2.67. The molecule has 178 valence electrons. The van der Waals surface area contributed by atoms with Gasteiger partial charge in [-0.15, -0.1) is 11.3 Å². The Balaban J connectivity index is 1.47. The number of hydrogen-bond acceptors (Lipinski definition) is 2. The minimum Gasteiger partial charge on any atom is -0.310 e. The number of rotatable bonds is 3. The molecule has 1 aromatic heterocycles. The summed E-state index contributed by atoms with van der Waals surface area (Å²) in [5, 5.41) is 10.3. The summed E-state index contributed by atoms with van der Waals surface area (Å²) in [6.45, 7) is 0. The lowest BCUT2D eigenvalue weighted by Gasteiger charge is -2.28. The summed E-state index contributed by atoms with van der Waals surface area (Å²) in [5.74, 6) is 0. The standard InChI is InChI=1S/C36H23NS/c1-2-11-26(12-3-1)37(33-22-25-10-4-5-13-28(25)29-14-6-7-15-30(29)33)27-20-18-24-19-21-35-36(32(24)23-27)31-16-8-9-17-34(31)38-35/h1-23H. The van der Waals surface area contributed by atoms with Gasteiger partial charge in [-0.3, -0.25) is 0 Å². The third-order valence-electron chi connectivity index (χ3n) is 7.60. The molecule has 1 heterocycles. The van der Waals surface area contributed by atoms with Crippen molar-refractivity contribution in [3.8, 4) is 0 Å². The molecule has 0 saturated heterocycles. The Hall–Kier alpha value is -4.66. The van der Waals surface area contributed by atoms with E-state index in [0.717, 1.165) is 11.4 Å². The molecule has 0 bridgehead atoms. The predicted molar refractivity (Wildman–Crippen MR) is 167 cm³/mol. The number of para-hydroxylation sites is 1. The summed E-state index contributed by atoms with van der Waals surface area (Å²) in [6, 6.07) is 50.8. The van der Waals surface area contributed by atoms with Crippen LogP contribution in [-0.2, 0) is 0 Å². The largest absolute Gasteiger partial charge is 0.310 e. The predicted octanol–water partition coefficient (Wildman–Crippen LogP) is 11.0. The minimum absolute atomic E-state index is 1.15. The van der Waals surface area contributed by atoms with Gasteiger partial charge in [0.05, 0.1) is 5.69 Å². The van der Waals surface area contributed by atoms with E-state index in [1.807, 2.05) is 11.3 Å². The normalized spacial score (nSPS) is 11.7. The van der Waals surface area contributed by atoms with E-state index in [9.17, 15) is 0 Å². The smallest absolute Gasteiger partial charge is 0.0546 e. The van der Waals surface area contributed by atoms with E-state index in [0.29, 0.717) is 0 Å². The maximum atomic E-state index is 2.42. The van der Waals surface area contributed by atoms with Crippen molar-refractivity contribution in [1.82, 2.24) is 0 Å². The van der Waals surface area contributed by atoms with Crippen LogP contribution in [0.5, 0.6) is 0 Å². The Morgan fingerprint density at radius 3 is 1.95 bits per heavy atom. The van der Waals surface area contributed by atoms with Crippen molar-refractivity contribution in [2.45, 2.75) is 0 Å². The monoisotopic (exact) mass is 501 g/mol. The highest BCUT2D eigenvalue weighted by molar-refractivity contribution is 7.26. The first kappa shape index (κ1) is 21.4. The summed E-state index contributed by atoms with van der Waals surface area (Å²) in [4.78, 5) is 2.42. The van der Waals surface area contributed by atoms with Gasteiger partial charge in [0.15, 0.2) is 0 Å². The van der Waals surface area contributed by atoms with Crippen LogP contribution in [0.3, 0.4) is 0 Å². The number of anilines is 3.